The molecule has 0 spiro atoms. The quantitative estimate of drug-likeness (QED) is 0.575. The average molecular weight is 404 g/mol. The SMILES string of the molecule is CCCCCc1ccc(CN(Cc2cccc(CC(=O)O)c2)S(C)(=O)=O)cc1. The lowest BCUT2D eigenvalue weighted by molar-refractivity contribution is -0.136. The van der Waals surface area contributed by atoms with Gasteiger partial charge in [0.05, 0.1) is 12.7 Å². The Labute approximate surface area is 168 Å². The smallest absolute Gasteiger partial charge is 0.307 e. The molecule has 2 aromatic carbocycles. The summed E-state index contributed by atoms with van der Waals surface area (Å²) in [6.07, 6.45) is 5.73. The number of nitrogens with zero attached hydrogens (tertiary/aromatic N) is 1. The number of benzene rings is 2. The Hall–Kier alpha value is -2.18. The zero-order valence-electron chi connectivity index (χ0n) is 16.6. The number of rotatable bonds is 11. The van der Waals surface area contributed by atoms with Crippen molar-refractivity contribution in [2.45, 2.75) is 52.1 Å². The number of carboxylic acids is 1. The van der Waals surface area contributed by atoms with Crippen LogP contribution in [0.25, 0.3) is 0 Å². The summed E-state index contributed by atoms with van der Waals surface area (Å²) in [6, 6.07) is 15.2. The Morgan fingerprint density at radius 3 is 2.14 bits per heavy atom. The van der Waals surface area contributed by atoms with Gasteiger partial charge in [0, 0.05) is 13.1 Å². The number of carboxylic acid groups (broad SMARTS) is 1. The maximum atomic E-state index is 12.3. The summed E-state index contributed by atoms with van der Waals surface area (Å²) < 4.78 is 26.0. The van der Waals surface area contributed by atoms with Gasteiger partial charge >= 0.3 is 5.97 Å². The number of unbranched alkanes of at least 4 members (excludes halogenated alkanes) is 2. The van der Waals surface area contributed by atoms with Crippen LogP contribution < -0.4 is 0 Å². The number of sulfonamides is 1. The van der Waals surface area contributed by atoms with Crippen LogP contribution in [0.1, 0.15) is 48.4 Å². The molecule has 0 heterocycles. The van der Waals surface area contributed by atoms with Crippen LogP contribution in [-0.2, 0) is 40.7 Å². The van der Waals surface area contributed by atoms with E-state index in [0.29, 0.717) is 5.56 Å². The van der Waals surface area contributed by atoms with Crippen molar-refractivity contribution < 1.29 is 18.3 Å². The highest BCUT2D eigenvalue weighted by molar-refractivity contribution is 7.88. The van der Waals surface area contributed by atoms with Crippen molar-refractivity contribution in [1.82, 2.24) is 4.31 Å². The van der Waals surface area contributed by atoms with Crippen LogP contribution in [0.4, 0.5) is 0 Å². The van der Waals surface area contributed by atoms with E-state index in [1.165, 1.54) is 29.0 Å². The predicted molar refractivity (Wildman–Crippen MR) is 112 cm³/mol. The molecule has 0 saturated heterocycles. The Kier molecular flexibility index (Phi) is 8.20. The molecule has 0 aromatic heterocycles. The zero-order chi connectivity index (χ0) is 20.6. The van der Waals surface area contributed by atoms with Crippen LogP contribution in [0.5, 0.6) is 0 Å². The molecule has 5 nitrogen and oxygen atoms in total. The molecular formula is C22H29NO4S. The van der Waals surface area contributed by atoms with Crippen LogP contribution in [-0.4, -0.2) is 30.1 Å². The van der Waals surface area contributed by atoms with Crippen molar-refractivity contribution in [2.75, 3.05) is 6.26 Å². The zero-order valence-corrected chi connectivity index (χ0v) is 17.4. The molecule has 2 rings (SSSR count). The third-order valence-electron chi connectivity index (χ3n) is 4.63. The normalized spacial score (nSPS) is 11.7. The Morgan fingerprint density at radius 2 is 1.54 bits per heavy atom. The topological polar surface area (TPSA) is 74.7 Å². The lowest BCUT2D eigenvalue weighted by Gasteiger charge is -2.20. The number of carbonyl (C=O) groups is 1. The summed E-state index contributed by atoms with van der Waals surface area (Å²) in [7, 11) is -3.41. The Bertz CT molecular complexity index is 876. The number of aliphatic carboxylic acids is 1. The van der Waals surface area contributed by atoms with Gasteiger partial charge in [0.1, 0.15) is 0 Å². The van der Waals surface area contributed by atoms with Crippen molar-refractivity contribution in [3.63, 3.8) is 0 Å². The molecular weight excluding hydrogens is 374 g/mol. The highest BCUT2D eigenvalue weighted by Crippen LogP contribution is 2.16. The van der Waals surface area contributed by atoms with Gasteiger partial charge in [-0.25, -0.2) is 8.42 Å². The highest BCUT2D eigenvalue weighted by Gasteiger charge is 2.18. The summed E-state index contributed by atoms with van der Waals surface area (Å²) in [5.41, 5.74) is 3.64. The van der Waals surface area contributed by atoms with Crippen molar-refractivity contribution in [3.05, 3.63) is 70.8 Å². The van der Waals surface area contributed by atoms with Gasteiger partial charge in [0.15, 0.2) is 0 Å². The third-order valence-corrected chi connectivity index (χ3v) is 5.82. The first kappa shape index (κ1) is 22.1. The van der Waals surface area contributed by atoms with Crippen LogP contribution >= 0.6 is 0 Å². The highest BCUT2D eigenvalue weighted by atomic mass is 32.2. The van der Waals surface area contributed by atoms with Gasteiger partial charge in [0.25, 0.3) is 0 Å². The van der Waals surface area contributed by atoms with Crippen molar-refractivity contribution in [1.29, 1.82) is 0 Å². The second-order valence-corrected chi connectivity index (χ2v) is 9.18. The maximum absolute atomic E-state index is 12.3. The molecule has 1 N–H and O–H groups in total. The predicted octanol–water partition coefficient (Wildman–Crippen LogP) is 4.01. The van der Waals surface area contributed by atoms with Gasteiger partial charge in [-0.1, -0.05) is 68.3 Å². The first-order valence-corrected chi connectivity index (χ1v) is 11.5. The summed E-state index contributed by atoms with van der Waals surface area (Å²) in [5.74, 6) is -0.906. The number of hydrogen-bond acceptors (Lipinski definition) is 3. The van der Waals surface area contributed by atoms with Crippen molar-refractivity contribution in [3.8, 4) is 0 Å². The molecule has 0 aliphatic carbocycles. The van der Waals surface area contributed by atoms with E-state index in [-0.39, 0.29) is 19.5 Å². The fourth-order valence-corrected chi connectivity index (χ4v) is 3.87. The van der Waals surface area contributed by atoms with Crippen LogP contribution in [0.3, 0.4) is 0 Å². The summed E-state index contributed by atoms with van der Waals surface area (Å²) in [4.78, 5) is 10.9. The molecule has 6 heteroatoms. The number of aryl methyl sites for hydroxylation is 1. The lowest BCUT2D eigenvalue weighted by Crippen LogP contribution is -2.29. The fourth-order valence-electron chi connectivity index (χ4n) is 3.10. The molecule has 0 atom stereocenters. The molecule has 0 radical (unpaired) electrons. The van der Waals surface area contributed by atoms with E-state index in [0.717, 1.165) is 24.0 Å². The van der Waals surface area contributed by atoms with Crippen LogP contribution in [0, 0.1) is 0 Å². The van der Waals surface area contributed by atoms with Gasteiger partial charge in [-0.2, -0.15) is 4.31 Å². The summed E-state index contributed by atoms with van der Waals surface area (Å²) in [6.45, 7) is 2.68. The molecule has 0 aliphatic rings. The van der Waals surface area contributed by atoms with Crippen LogP contribution in [0.2, 0.25) is 0 Å². The summed E-state index contributed by atoms with van der Waals surface area (Å²) >= 11 is 0. The minimum Gasteiger partial charge on any atom is -0.481 e. The monoisotopic (exact) mass is 403 g/mol. The van der Waals surface area contributed by atoms with E-state index < -0.39 is 16.0 Å². The van der Waals surface area contributed by atoms with Gasteiger partial charge < -0.3 is 5.11 Å². The third kappa shape index (κ3) is 7.44. The minimum atomic E-state index is -3.41. The molecule has 152 valence electrons. The molecule has 0 bridgehead atoms. The molecule has 0 aliphatic heterocycles. The Balaban J connectivity index is 2.09. The Morgan fingerprint density at radius 1 is 0.929 bits per heavy atom. The van der Waals surface area contributed by atoms with Gasteiger partial charge in [-0.05, 0) is 35.1 Å². The molecule has 28 heavy (non-hydrogen) atoms. The van der Waals surface area contributed by atoms with Gasteiger partial charge in [0.2, 0.25) is 10.0 Å². The van der Waals surface area contributed by atoms with Crippen molar-refractivity contribution >= 4 is 16.0 Å². The van der Waals surface area contributed by atoms with E-state index >= 15 is 0 Å². The second-order valence-electron chi connectivity index (χ2n) is 7.20. The van der Waals surface area contributed by atoms with E-state index in [2.05, 4.69) is 19.1 Å². The molecule has 0 unspecified atom stereocenters. The van der Waals surface area contributed by atoms with Crippen LogP contribution in [0.15, 0.2) is 48.5 Å². The fraction of sp³-hybridized carbons (Fsp3) is 0.409. The standard InChI is InChI=1S/C22H29NO4S/c1-3-4-5-7-18-10-12-19(13-11-18)16-23(28(2,26)27)17-21-9-6-8-20(14-21)15-22(24)25/h6,8-14H,3-5,7,15-17H2,1-2H3,(H,24,25). The molecule has 0 fully saturated rings. The molecule has 2 aromatic rings. The maximum Gasteiger partial charge on any atom is 0.307 e. The van der Waals surface area contributed by atoms with Gasteiger partial charge in [-0.3, -0.25) is 4.79 Å². The first-order valence-electron chi connectivity index (χ1n) is 9.60. The lowest BCUT2D eigenvalue weighted by atomic mass is 10.1. The molecule has 0 amide bonds. The average Bonchev–Trinajstić information content (AvgIpc) is 2.62. The van der Waals surface area contributed by atoms with E-state index in [4.69, 9.17) is 5.11 Å². The van der Waals surface area contributed by atoms with E-state index in [9.17, 15) is 13.2 Å². The largest absolute Gasteiger partial charge is 0.481 e. The van der Waals surface area contributed by atoms with Gasteiger partial charge in [-0.15, -0.1) is 0 Å². The van der Waals surface area contributed by atoms with E-state index in [1.54, 1.807) is 18.2 Å². The second kappa shape index (κ2) is 10.4. The van der Waals surface area contributed by atoms with Crippen molar-refractivity contribution in [2.24, 2.45) is 0 Å². The molecule has 0 saturated carbocycles. The summed E-state index contributed by atoms with van der Waals surface area (Å²) in [5, 5.41) is 8.95. The van der Waals surface area contributed by atoms with E-state index in [1.807, 2.05) is 18.2 Å². The first-order chi connectivity index (χ1) is 13.3. The number of hydrogen-bond donors (Lipinski definition) is 1. The minimum absolute atomic E-state index is 0.0772.